The molecule has 1 aliphatic rings. The maximum absolute atomic E-state index is 4.79. The van der Waals surface area contributed by atoms with Gasteiger partial charge in [-0.05, 0) is 50.4 Å². The maximum atomic E-state index is 4.79. The van der Waals surface area contributed by atoms with Gasteiger partial charge in [-0.1, -0.05) is 36.8 Å². The van der Waals surface area contributed by atoms with E-state index in [1.807, 2.05) is 12.3 Å². The second-order valence-electron chi connectivity index (χ2n) is 7.19. The van der Waals surface area contributed by atoms with Crippen molar-refractivity contribution in [1.82, 2.24) is 24.8 Å². The van der Waals surface area contributed by atoms with E-state index < -0.39 is 0 Å². The lowest BCUT2D eigenvalue weighted by Gasteiger charge is -2.35. The smallest absolute Gasteiger partial charge is 0.227 e. The fraction of sp³-hybridized carbons (Fsp3) is 0.364. The molecule has 0 bridgehead atoms. The zero-order chi connectivity index (χ0) is 19.0. The van der Waals surface area contributed by atoms with Crippen LogP contribution >= 0.6 is 0 Å². The van der Waals surface area contributed by atoms with Crippen molar-refractivity contribution < 1.29 is 0 Å². The maximum Gasteiger partial charge on any atom is 0.227 e. The minimum Gasteiger partial charge on any atom is -0.322 e. The molecule has 0 radical (unpaired) electrons. The molecular formula is C22H26N6. The fourth-order valence-corrected chi connectivity index (χ4v) is 3.84. The third-order valence-corrected chi connectivity index (χ3v) is 5.20. The number of aromatic nitrogens is 4. The average Bonchev–Trinajstić information content (AvgIpc) is 2.76. The highest BCUT2D eigenvalue weighted by molar-refractivity contribution is 5.49. The van der Waals surface area contributed by atoms with Crippen molar-refractivity contribution in [1.29, 1.82) is 0 Å². The van der Waals surface area contributed by atoms with E-state index in [0.717, 1.165) is 43.7 Å². The first-order valence-electron chi connectivity index (χ1n) is 10.0. The first kappa shape index (κ1) is 18.5. The Morgan fingerprint density at radius 1 is 1.04 bits per heavy atom. The van der Waals surface area contributed by atoms with Crippen LogP contribution in [0.3, 0.4) is 0 Å². The molecule has 28 heavy (non-hydrogen) atoms. The molecule has 1 saturated heterocycles. The number of nitrogens with zero attached hydrogens (tertiary/aromatic N) is 5. The third kappa shape index (κ3) is 4.89. The number of nitrogens with one attached hydrogen (secondary N) is 1. The summed E-state index contributed by atoms with van der Waals surface area (Å²) in [5.41, 5.74) is 3.30. The molecule has 3 aromatic rings. The van der Waals surface area contributed by atoms with Gasteiger partial charge in [0, 0.05) is 6.20 Å². The van der Waals surface area contributed by atoms with Gasteiger partial charge >= 0.3 is 0 Å². The van der Waals surface area contributed by atoms with Crippen LogP contribution in [0.1, 0.15) is 43.0 Å². The van der Waals surface area contributed by atoms with Gasteiger partial charge in [-0.3, -0.25) is 4.90 Å². The van der Waals surface area contributed by atoms with E-state index in [1.165, 1.54) is 24.7 Å². The van der Waals surface area contributed by atoms with E-state index in [4.69, 9.17) is 4.98 Å². The first-order chi connectivity index (χ1) is 13.9. The highest BCUT2D eigenvalue weighted by Gasteiger charge is 2.25. The predicted octanol–water partition coefficient (Wildman–Crippen LogP) is 4.17. The van der Waals surface area contributed by atoms with E-state index in [-0.39, 0.29) is 0 Å². The molecule has 0 amide bonds. The summed E-state index contributed by atoms with van der Waals surface area (Å²) >= 11 is 0. The van der Waals surface area contributed by atoms with Gasteiger partial charge in [0.15, 0.2) is 0 Å². The number of likely N-dealkylation sites (tertiary alicyclic amines) is 1. The van der Waals surface area contributed by atoms with Crippen LogP contribution in [-0.4, -0.2) is 37.9 Å². The minimum absolute atomic E-state index is 0.361. The van der Waals surface area contributed by atoms with Crippen molar-refractivity contribution >= 4 is 11.6 Å². The first-order valence-corrected chi connectivity index (χ1v) is 10.0. The van der Waals surface area contributed by atoms with E-state index >= 15 is 0 Å². The molecule has 2 aromatic heterocycles. The minimum atomic E-state index is 0.361. The zero-order valence-electron chi connectivity index (χ0n) is 16.0. The molecule has 6 nitrogen and oxygen atoms in total. The highest BCUT2D eigenvalue weighted by atomic mass is 15.2. The molecule has 1 aromatic carbocycles. The average molecular weight is 374 g/mol. The van der Waals surface area contributed by atoms with E-state index in [1.54, 1.807) is 12.4 Å². The van der Waals surface area contributed by atoms with Gasteiger partial charge in [-0.2, -0.15) is 0 Å². The van der Waals surface area contributed by atoms with Crippen molar-refractivity contribution in [2.45, 2.75) is 38.1 Å². The SMILES string of the molecule is c1ccc(CCCN2CCCCC2c2ccnc(Nc3cncnc3)n2)cc1. The largest absolute Gasteiger partial charge is 0.322 e. The van der Waals surface area contributed by atoms with Gasteiger partial charge in [0.1, 0.15) is 6.33 Å². The van der Waals surface area contributed by atoms with Crippen molar-refractivity contribution in [3.8, 4) is 0 Å². The van der Waals surface area contributed by atoms with Crippen molar-refractivity contribution in [3.05, 3.63) is 72.6 Å². The summed E-state index contributed by atoms with van der Waals surface area (Å²) in [4.78, 5) is 19.8. The van der Waals surface area contributed by atoms with Gasteiger partial charge in [-0.25, -0.2) is 19.9 Å². The number of rotatable bonds is 7. The summed E-state index contributed by atoms with van der Waals surface area (Å²) < 4.78 is 0. The number of aryl methyl sites for hydroxylation is 1. The molecule has 0 aliphatic carbocycles. The van der Waals surface area contributed by atoms with Crippen LogP contribution in [0.2, 0.25) is 0 Å². The van der Waals surface area contributed by atoms with Gasteiger partial charge in [0.2, 0.25) is 5.95 Å². The Kier molecular flexibility index (Phi) is 6.19. The standard InChI is InChI=1S/C22H26N6/c1-2-7-18(8-3-1)9-6-14-28-13-5-4-10-21(28)20-11-12-25-22(27-20)26-19-15-23-17-24-16-19/h1-3,7-8,11-12,15-17,21H,4-6,9-10,13-14H2,(H,25,26,27). The molecule has 1 fully saturated rings. The Morgan fingerprint density at radius 3 is 2.75 bits per heavy atom. The summed E-state index contributed by atoms with van der Waals surface area (Å²) in [5.74, 6) is 0.599. The van der Waals surface area contributed by atoms with Crippen LogP contribution in [0.25, 0.3) is 0 Å². The van der Waals surface area contributed by atoms with Crippen molar-refractivity contribution in [3.63, 3.8) is 0 Å². The lowest BCUT2D eigenvalue weighted by atomic mass is 9.98. The van der Waals surface area contributed by atoms with Gasteiger partial charge in [-0.15, -0.1) is 0 Å². The Morgan fingerprint density at radius 2 is 1.89 bits per heavy atom. The van der Waals surface area contributed by atoms with Gasteiger partial charge in [0.25, 0.3) is 0 Å². The molecule has 1 unspecified atom stereocenters. The number of hydrogen-bond acceptors (Lipinski definition) is 6. The van der Waals surface area contributed by atoms with E-state index in [9.17, 15) is 0 Å². The lowest BCUT2D eigenvalue weighted by molar-refractivity contribution is 0.144. The number of anilines is 2. The predicted molar refractivity (Wildman–Crippen MR) is 110 cm³/mol. The van der Waals surface area contributed by atoms with Crippen molar-refractivity contribution in [2.24, 2.45) is 0 Å². The highest BCUT2D eigenvalue weighted by Crippen LogP contribution is 2.30. The van der Waals surface area contributed by atoms with Crippen LogP contribution in [0.15, 0.2) is 61.3 Å². The summed E-state index contributed by atoms with van der Waals surface area (Å²) in [6.45, 7) is 2.23. The van der Waals surface area contributed by atoms with Gasteiger partial charge in [0.05, 0.1) is 29.8 Å². The quantitative estimate of drug-likeness (QED) is 0.669. The monoisotopic (exact) mass is 374 g/mol. The van der Waals surface area contributed by atoms with Gasteiger partial charge < -0.3 is 5.32 Å². The van der Waals surface area contributed by atoms with Crippen LogP contribution in [0.4, 0.5) is 11.6 Å². The molecule has 4 rings (SSSR count). The molecule has 0 spiro atoms. The Labute approximate surface area is 166 Å². The Balaban J connectivity index is 1.41. The molecule has 3 heterocycles. The topological polar surface area (TPSA) is 66.8 Å². The normalized spacial score (nSPS) is 17.4. The number of hydrogen-bond donors (Lipinski definition) is 1. The molecular weight excluding hydrogens is 348 g/mol. The lowest BCUT2D eigenvalue weighted by Crippen LogP contribution is -2.35. The van der Waals surface area contributed by atoms with E-state index in [2.05, 4.69) is 55.5 Å². The van der Waals surface area contributed by atoms with Crippen LogP contribution in [-0.2, 0) is 6.42 Å². The second-order valence-corrected chi connectivity index (χ2v) is 7.19. The molecule has 1 N–H and O–H groups in total. The van der Waals surface area contributed by atoms with Crippen LogP contribution in [0.5, 0.6) is 0 Å². The summed E-state index contributed by atoms with van der Waals surface area (Å²) in [7, 11) is 0. The molecule has 0 saturated carbocycles. The van der Waals surface area contributed by atoms with Crippen LogP contribution < -0.4 is 5.32 Å². The number of benzene rings is 1. The van der Waals surface area contributed by atoms with Crippen molar-refractivity contribution in [2.75, 3.05) is 18.4 Å². The zero-order valence-corrected chi connectivity index (χ0v) is 16.0. The fourth-order valence-electron chi connectivity index (χ4n) is 3.84. The summed E-state index contributed by atoms with van der Waals surface area (Å²) in [6, 6.07) is 13.1. The molecule has 1 atom stereocenters. The number of piperidine rings is 1. The molecule has 144 valence electrons. The second kappa shape index (κ2) is 9.37. The van der Waals surface area contributed by atoms with E-state index in [0.29, 0.717) is 12.0 Å². The summed E-state index contributed by atoms with van der Waals surface area (Å²) in [6.07, 6.45) is 12.7. The Hall–Kier alpha value is -2.86. The molecule has 6 heteroatoms. The molecule has 1 aliphatic heterocycles. The van der Waals surface area contributed by atoms with Crippen LogP contribution in [0, 0.1) is 0 Å². The Bertz CT molecular complexity index is 855. The third-order valence-electron chi connectivity index (χ3n) is 5.20. The summed E-state index contributed by atoms with van der Waals surface area (Å²) in [5, 5.41) is 3.20.